The van der Waals surface area contributed by atoms with E-state index in [1.807, 2.05) is 13.8 Å². The van der Waals surface area contributed by atoms with Crippen LogP contribution in [0.3, 0.4) is 0 Å². The molecule has 0 bridgehead atoms. The number of carbonyl (C=O) groups is 4. The van der Waals surface area contributed by atoms with Crippen molar-refractivity contribution >= 4 is 40.7 Å². The molecule has 0 radical (unpaired) electrons. The highest BCUT2D eigenvalue weighted by atomic mass is 19.1. The summed E-state index contributed by atoms with van der Waals surface area (Å²) in [6.45, 7) is 15.5. The minimum Gasteiger partial charge on any atom is -0.374 e. The van der Waals surface area contributed by atoms with Crippen molar-refractivity contribution in [2.75, 3.05) is 36.0 Å². The molecule has 276 valence electrons. The molecule has 1 aromatic heterocycles. The summed E-state index contributed by atoms with van der Waals surface area (Å²) < 4.78 is 27.0. The van der Waals surface area contributed by atoms with Gasteiger partial charge in [0.15, 0.2) is 0 Å². The maximum Gasteiger partial charge on any atom is 0.262 e. The number of amides is 4. The van der Waals surface area contributed by atoms with Gasteiger partial charge in [0.25, 0.3) is 17.4 Å². The number of piperidine rings is 1. The molecule has 1 saturated carbocycles. The predicted octanol–water partition coefficient (Wildman–Crippen LogP) is 6.15. The number of ether oxygens (including phenoxy) is 1. The van der Waals surface area contributed by atoms with Crippen LogP contribution >= 0.6 is 0 Å². The van der Waals surface area contributed by atoms with Gasteiger partial charge in [-0.2, -0.15) is 0 Å². The van der Waals surface area contributed by atoms with Gasteiger partial charge in [0.1, 0.15) is 17.6 Å². The molecular weight excluding hydrogens is 691 g/mol. The molecule has 1 aliphatic carbocycles. The van der Waals surface area contributed by atoms with Crippen molar-refractivity contribution in [2.45, 2.75) is 70.6 Å². The molecule has 4 amide bonds. The largest absolute Gasteiger partial charge is 0.374 e. The number of imide groups is 2. The van der Waals surface area contributed by atoms with E-state index in [-0.39, 0.29) is 35.8 Å². The first-order valence-electron chi connectivity index (χ1n) is 18.2. The molecule has 1 unspecified atom stereocenters. The summed E-state index contributed by atoms with van der Waals surface area (Å²) in [6, 6.07) is 16.0. The molecule has 4 aliphatic rings. The van der Waals surface area contributed by atoms with Gasteiger partial charge in [-0.25, -0.2) is 11.0 Å². The van der Waals surface area contributed by atoms with Gasteiger partial charge in [-0.05, 0) is 87.2 Å². The molecule has 1 N–H and O–H groups in total. The van der Waals surface area contributed by atoms with Crippen LogP contribution in [0.25, 0.3) is 16.0 Å². The van der Waals surface area contributed by atoms with Crippen LogP contribution in [0.5, 0.6) is 0 Å². The van der Waals surface area contributed by atoms with E-state index in [1.54, 1.807) is 4.90 Å². The zero-order valence-corrected chi connectivity index (χ0v) is 30.3. The molecule has 3 aromatic carbocycles. The van der Waals surface area contributed by atoms with Crippen molar-refractivity contribution in [3.63, 3.8) is 0 Å². The standard InChI is InChI=1S/C41H39FN6O6/c1-23-6-7-26(37-24(2)45-54-25(37)3)18-34(23)47(28-10-8-27(9-11-28)41(43-4)14-15-41)16-5-17-53-29-21-46(22-29)35-20-31-30(19-32(35)42)39(51)48(40(31)52)33-12-13-36(49)44-38(33)50/h6-11,18-20,29,33H,5,12-17,21-22H2,1-3H3,(H,44,49,50). The third-order valence-electron chi connectivity index (χ3n) is 11.1. The topological polar surface area (TPSA) is 130 Å². The highest BCUT2D eigenvalue weighted by Crippen LogP contribution is 2.50. The summed E-state index contributed by atoms with van der Waals surface area (Å²) in [5, 5.41) is 6.32. The van der Waals surface area contributed by atoms with Crippen molar-refractivity contribution in [3.05, 3.63) is 106 Å². The SMILES string of the molecule is [C-]#[N+]C1(c2ccc(N(CCCOC3CN(c4cc5c(cc4F)C(=O)N(C4CCC(=O)NC4=O)C5=O)C3)c3cc(-c4c(C)noc4C)ccc3C)cc2)CC1. The number of fused-ring (bicyclic) bond motifs is 1. The van der Waals surface area contributed by atoms with E-state index in [4.69, 9.17) is 15.8 Å². The first-order valence-corrected chi connectivity index (χ1v) is 18.2. The van der Waals surface area contributed by atoms with Crippen LogP contribution in [0.15, 0.2) is 59.1 Å². The fraction of sp³-hybridized carbons (Fsp3) is 0.366. The van der Waals surface area contributed by atoms with E-state index in [2.05, 4.69) is 69.6 Å². The van der Waals surface area contributed by atoms with E-state index in [9.17, 15) is 19.2 Å². The summed E-state index contributed by atoms with van der Waals surface area (Å²) in [5.41, 5.74) is 6.74. The molecule has 4 aromatic rings. The number of hydrogen-bond acceptors (Lipinski definition) is 9. The first-order chi connectivity index (χ1) is 26.0. The molecular formula is C41H39FN6O6. The monoisotopic (exact) mass is 730 g/mol. The van der Waals surface area contributed by atoms with Gasteiger partial charge in [-0.3, -0.25) is 29.4 Å². The third kappa shape index (κ3) is 6.10. The van der Waals surface area contributed by atoms with Crippen LogP contribution in [0.2, 0.25) is 0 Å². The van der Waals surface area contributed by atoms with Gasteiger partial charge in [0, 0.05) is 68.0 Å². The smallest absolute Gasteiger partial charge is 0.262 e. The molecule has 3 aliphatic heterocycles. The van der Waals surface area contributed by atoms with Crippen molar-refractivity contribution in [3.8, 4) is 11.1 Å². The zero-order chi connectivity index (χ0) is 37.9. The Morgan fingerprint density at radius 3 is 2.39 bits per heavy atom. The number of anilines is 3. The molecule has 54 heavy (non-hydrogen) atoms. The van der Waals surface area contributed by atoms with E-state index in [0.717, 1.165) is 68.9 Å². The molecule has 2 saturated heterocycles. The van der Waals surface area contributed by atoms with Crippen molar-refractivity contribution in [1.29, 1.82) is 0 Å². The van der Waals surface area contributed by atoms with Crippen LogP contribution in [0.4, 0.5) is 21.5 Å². The third-order valence-corrected chi connectivity index (χ3v) is 11.1. The van der Waals surface area contributed by atoms with Gasteiger partial charge >= 0.3 is 0 Å². The predicted molar refractivity (Wildman–Crippen MR) is 197 cm³/mol. The van der Waals surface area contributed by atoms with Crippen LogP contribution in [0, 0.1) is 33.2 Å². The summed E-state index contributed by atoms with van der Waals surface area (Å²) in [5.74, 6) is -2.48. The van der Waals surface area contributed by atoms with Gasteiger partial charge in [-0.15, -0.1) is 0 Å². The second-order valence-electron chi connectivity index (χ2n) is 14.6. The highest BCUT2D eigenvalue weighted by molar-refractivity contribution is 6.23. The minimum atomic E-state index is -1.12. The maximum atomic E-state index is 15.4. The molecule has 12 nitrogen and oxygen atoms in total. The molecule has 1 atom stereocenters. The minimum absolute atomic E-state index is 0.00473. The average Bonchev–Trinajstić information content (AvgIpc) is 3.82. The first kappa shape index (κ1) is 35.2. The lowest BCUT2D eigenvalue weighted by atomic mass is 10.00. The quantitative estimate of drug-likeness (QED) is 0.110. The number of rotatable bonds is 11. The lowest BCUT2D eigenvalue weighted by molar-refractivity contribution is -0.136. The number of hydrogen-bond donors (Lipinski definition) is 1. The zero-order valence-electron chi connectivity index (χ0n) is 30.3. The normalized spacial score (nSPS) is 19.1. The second kappa shape index (κ2) is 13.5. The Bertz CT molecular complexity index is 2230. The van der Waals surface area contributed by atoms with Gasteiger partial charge < -0.3 is 23.9 Å². The van der Waals surface area contributed by atoms with E-state index in [0.29, 0.717) is 32.7 Å². The van der Waals surface area contributed by atoms with Crippen LogP contribution < -0.4 is 15.1 Å². The summed E-state index contributed by atoms with van der Waals surface area (Å²) in [7, 11) is 0. The van der Waals surface area contributed by atoms with Crippen molar-refractivity contribution in [2.24, 2.45) is 0 Å². The average molecular weight is 731 g/mol. The molecule has 13 heteroatoms. The van der Waals surface area contributed by atoms with E-state index in [1.165, 1.54) is 6.07 Å². The second-order valence-corrected chi connectivity index (χ2v) is 14.6. The fourth-order valence-electron chi connectivity index (χ4n) is 7.81. The summed E-state index contributed by atoms with van der Waals surface area (Å²) in [6.07, 6.45) is 2.33. The number of nitrogens with one attached hydrogen (secondary N) is 1. The Morgan fingerprint density at radius 1 is 1.02 bits per heavy atom. The van der Waals surface area contributed by atoms with Crippen LogP contribution in [-0.4, -0.2) is 72.1 Å². The Balaban J connectivity index is 0.933. The summed E-state index contributed by atoms with van der Waals surface area (Å²) in [4.78, 5) is 59.2. The van der Waals surface area contributed by atoms with E-state index >= 15 is 4.39 Å². The van der Waals surface area contributed by atoms with Gasteiger partial charge in [0.05, 0.1) is 28.6 Å². The Hall–Kier alpha value is -5.87. The highest BCUT2D eigenvalue weighted by Gasteiger charge is 2.52. The number of carbonyl (C=O) groups excluding carboxylic acids is 4. The van der Waals surface area contributed by atoms with Crippen molar-refractivity contribution < 1.29 is 32.8 Å². The lowest BCUT2D eigenvalue weighted by Crippen LogP contribution is -2.54. The van der Waals surface area contributed by atoms with Gasteiger partial charge in [-0.1, -0.05) is 17.3 Å². The number of halogens is 1. The Labute approximate surface area is 311 Å². The summed E-state index contributed by atoms with van der Waals surface area (Å²) >= 11 is 0. The fourth-order valence-corrected chi connectivity index (χ4v) is 7.81. The van der Waals surface area contributed by atoms with E-state index < -0.39 is 41.0 Å². The Kier molecular flexibility index (Phi) is 8.81. The lowest BCUT2D eigenvalue weighted by Gasteiger charge is -2.41. The number of aromatic nitrogens is 1. The molecule has 8 rings (SSSR count). The number of nitrogens with zero attached hydrogens (tertiary/aromatic N) is 5. The molecule has 0 spiro atoms. The van der Waals surface area contributed by atoms with Crippen molar-refractivity contribution in [1.82, 2.24) is 15.4 Å². The van der Waals surface area contributed by atoms with Crippen LogP contribution in [0.1, 0.15) is 75.4 Å². The van der Waals surface area contributed by atoms with Crippen LogP contribution in [-0.2, 0) is 19.9 Å². The number of benzene rings is 3. The number of aryl methyl sites for hydroxylation is 3. The molecule has 3 fully saturated rings. The maximum absolute atomic E-state index is 15.4. The van der Waals surface area contributed by atoms with Gasteiger partial charge in [0.2, 0.25) is 11.8 Å². The Morgan fingerprint density at radius 2 is 1.74 bits per heavy atom. The molecule has 4 heterocycles.